The maximum Gasteiger partial charge on any atom is 0.235 e. The smallest absolute Gasteiger partial charge is 0.235 e. The summed E-state index contributed by atoms with van der Waals surface area (Å²) >= 11 is 0. The zero-order chi connectivity index (χ0) is 22.5. The predicted octanol–water partition coefficient (Wildman–Crippen LogP) is 2.61. The van der Waals surface area contributed by atoms with Crippen molar-refractivity contribution in [2.24, 2.45) is 5.92 Å². The van der Waals surface area contributed by atoms with E-state index in [0.29, 0.717) is 42.0 Å². The maximum atomic E-state index is 13.2. The van der Waals surface area contributed by atoms with Gasteiger partial charge in [0.05, 0.1) is 25.0 Å². The molecule has 1 aliphatic rings. The van der Waals surface area contributed by atoms with Gasteiger partial charge in [0, 0.05) is 32.0 Å². The summed E-state index contributed by atoms with van der Waals surface area (Å²) in [4.78, 5) is 24.0. The van der Waals surface area contributed by atoms with Crippen LogP contribution < -0.4 is 15.5 Å². The van der Waals surface area contributed by atoms with Gasteiger partial charge in [-0.05, 0) is 32.6 Å². The van der Waals surface area contributed by atoms with Gasteiger partial charge in [0.1, 0.15) is 5.82 Å². The van der Waals surface area contributed by atoms with E-state index >= 15 is 0 Å². The number of aromatic amines is 1. The van der Waals surface area contributed by atoms with Crippen molar-refractivity contribution in [1.29, 1.82) is 0 Å². The molecule has 3 aromatic rings. The lowest BCUT2D eigenvalue weighted by molar-refractivity contribution is 0.143. The van der Waals surface area contributed by atoms with Crippen LogP contribution in [0, 0.1) is 18.7 Å². The number of aromatic nitrogens is 7. The van der Waals surface area contributed by atoms with Crippen LogP contribution in [-0.4, -0.2) is 61.9 Å². The highest BCUT2D eigenvalue weighted by Crippen LogP contribution is 2.24. The monoisotopic (exact) mass is 442 g/mol. The van der Waals surface area contributed by atoms with Crippen LogP contribution in [0.25, 0.3) is 0 Å². The second kappa shape index (κ2) is 9.81. The molecule has 12 heteroatoms. The van der Waals surface area contributed by atoms with Crippen molar-refractivity contribution in [3.05, 3.63) is 35.8 Å². The maximum absolute atomic E-state index is 13.2. The minimum Gasteiger partial charge on any atom is -0.384 e. The molecular weight excluding hydrogens is 415 g/mol. The molecule has 1 aliphatic heterocycles. The van der Waals surface area contributed by atoms with Gasteiger partial charge in [0.15, 0.2) is 11.6 Å². The van der Waals surface area contributed by atoms with Gasteiger partial charge in [-0.15, -0.1) is 0 Å². The lowest BCUT2D eigenvalue weighted by Gasteiger charge is -2.32. The second-order valence-corrected chi connectivity index (χ2v) is 7.88. The number of ether oxygens (including phenoxy) is 1. The van der Waals surface area contributed by atoms with E-state index in [0.717, 1.165) is 44.0 Å². The molecule has 0 radical (unpaired) electrons. The normalized spacial score (nSPS) is 17.2. The first kappa shape index (κ1) is 21.8. The molecule has 0 aliphatic carbocycles. The lowest BCUT2D eigenvalue weighted by Crippen LogP contribution is -2.38. The number of aryl methyl sites for hydroxylation is 1. The summed E-state index contributed by atoms with van der Waals surface area (Å²) in [6, 6.07) is 1.52. The summed E-state index contributed by atoms with van der Waals surface area (Å²) in [5, 5.41) is 13.4. The van der Waals surface area contributed by atoms with Gasteiger partial charge in [-0.25, -0.2) is 14.4 Å². The van der Waals surface area contributed by atoms with Gasteiger partial charge in [0.2, 0.25) is 17.8 Å². The Morgan fingerprint density at radius 2 is 2.03 bits per heavy atom. The van der Waals surface area contributed by atoms with Gasteiger partial charge >= 0.3 is 0 Å². The number of hydrogen-bond donors (Lipinski definition) is 3. The summed E-state index contributed by atoms with van der Waals surface area (Å²) in [7, 11) is 1.72. The third-order valence-corrected chi connectivity index (χ3v) is 5.15. The molecule has 32 heavy (non-hydrogen) atoms. The molecule has 1 saturated heterocycles. The second-order valence-electron chi connectivity index (χ2n) is 7.88. The average Bonchev–Trinajstić information content (AvgIpc) is 3.19. The Morgan fingerprint density at radius 1 is 1.25 bits per heavy atom. The fraction of sp³-hybridized carbons (Fsp3) is 0.500. The fourth-order valence-corrected chi connectivity index (χ4v) is 3.65. The third kappa shape index (κ3) is 5.44. The Labute approximate surface area is 185 Å². The number of nitrogens with zero attached hydrogens (tertiary/aromatic N) is 7. The van der Waals surface area contributed by atoms with Crippen LogP contribution in [0.5, 0.6) is 0 Å². The first-order valence-electron chi connectivity index (χ1n) is 10.5. The molecule has 11 nitrogen and oxygen atoms in total. The van der Waals surface area contributed by atoms with Crippen LogP contribution in [0.4, 0.5) is 28.1 Å². The molecule has 4 rings (SSSR count). The topological polar surface area (TPSA) is 130 Å². The number of rotatable bonds is 8. The van der Waals surface area contributed by atoms with Crippen LogP contribution in [0.2, 0.25) is 0 Å². The highest BCUT2D eigenvalue weighted by Gasteiger charge is 2.23. The molecular formula is C20H27FN10O. The summed E-state index contributed by atoms with van der Waals surface area (Å²) in [6.45, 7) is 6.12. The van der Waals surface area contributed by atoms with Crippen LogP contribution >= 0.6 is 0 Å². The first-order chi connectivity index (χ1) is 15.5. The van der Waals surface area contributed by atoms with Crippen molar-refractivity contribution >= 4 is 23.7 Å². The quantitative estimate of drug-likeness (QED) is 0.478. The number of halogens is 1. The molecule has 0 amide bonds. The highest BCUT2D eigenvalue weighted by molar-refractivity contribution is 5.52. The van der Waals surface area contributed by atoms with Crippen molar-refractivity contribution in [1.82, 2.24) is 35.1 Å². The Bertz CT molecular complexity index is 1030. The number of piperidine rings is 1. The van der Waals surface area contributed by atoms with Crippen molar-refractivity contribution in [2.75, 3.05) is 42.3 Å². The van der Waals surface area contributed by atoms with Gasteiger partial charge in [-0.3, -0.25) is 5.10 Å². The zero-order valence-corrected chi connectivity index (χ0v) is 18.3. The van der Waals surface area contributed by atoms with E-state index in [9.17, 15) is 4.39 Å². The lowest BCUT2D eigenvalue weighted by atomic mass is 9.99. The van der Waals surface area contributed by atoms with Gasteiger partial charge < -0.3 is 20.3 Å². The van der Waals surface area contributed by atoms with Crippen molar-refractivity contribution in [3.63, 3.8) is 0 Å². The summed E-state index contributed by atoms with van der Waals surface area (Å²) in [5.41, 5.74) is 0.917. The number of methoxy groups -OCH3 is 1. The summed E-state index contributed by atoms with van der Waals surface area (Å²) < 4.78 is 18.5. The Balaban J connectivity index is 1.59. The summed E-state index contributed by atoms with van der Waals surface area (Å²) in [6.07, 6.45) is 4.41. The van der Waals surface area contributed by atoms with Gasteiger partial charge in [-0.2, -0.15) is 20.1 Å². The third-order valence-electron chi connectivity index (χ3n) is 5.15. The predicted molar refractivity (Wildman–Crippen MR) is 117 cm³/mol. The van der Waals surface area contributed by atoms with Crippen LogP contribution in [0.3, 0.4) is 0 Å². The SMILES string of the molecule is COCC1CCCN(c2nc(Nc3cc(C)[nH]n3)nc(N[C@@H](C)c3ncc(F)cn3)n2)C1. The van der Waals surface area contributed by atoms with Crippen molar-refractivity contribution < 1.29 is 9.13 Å². The van der Waals surface area contributed by atoms with E-state index in [1.54, 1.807) is 7.11 Å². The number of H-pyrrole nitrogens is 1. The minimum absolute atomic E-state index is 0.339. The number of hydrogen-bond acceptors (Lipinski definition) is 10. The Morgan fingerprint density at radius 3 is 2.75 bits per heavy atom. The number of anilines is 4. The highest BCUT2D eigenvalue weighted by atomic mass is 19.1. The van der Waals surface area contributed by atoms with E-state index in [1.165, 1.54) is 0 Å². The molecule has 0 bridgehead atoms. The average molecular weight is 443 g/mol. The molecule has 0 aromatic carbocycles. The van der Waals surface area contributed by atoms with Crippen molar-refractivity contribution in [2.45, 2.75) is 32.7 Å². The van der Waals surface area contributed by atoms with E-state index < -0.39 is 5.82 Å². The van der Waals surface area contributed by atoms with Crippen LogP contribution in [0.15, 0.2) is 18.5 Å². The van der Waals surface area contributed by atoms with E-state index in [1.807, 2.05) is 19.9 Å². The molecule has 1 unspecified atom stereocenters. The Hall–Kier alpha value is -3.41. The molecule has 2 atom stereocenters. The molecule has 0 saturated carbocycles. The molecule has 4 heterocycles. The molecule has 1 fully saturated rings. The van der Waals surface area contributed by atoms with Crippen LogP contribution in [0.1, 0.15) is 37.3 Å². The largest absolute Gasteiger partial charge is 0.384 e. The van der Waals surface area contributed by atoms with Crippen LogP contribution in [-0.2, 0) is 4.74 Å². The summed E-state index contributed by atoms with van der Waals surface area (Å²) in [5.74, 6) is 2.26. The van der Waals surface area contributed by atoms with E-state index in [4.69, 9.17) is 4.74 Å². The first-order valence-corrected chi connectivity index (χ1v) is 10.5. The Kier molecular flexibility index (Phi) is 6.69. The molecule has 3 N–H and O–H groups in total. The van der Waals surface area contributed by atoms with Gasteiger partial charge in [-0.1, -0.05) is 0 Å². The fourth-order valence-electron chi connectivity index (χ4n) is 3.65. The molecule has 170 valence electrons. The standard InChI is InChI=1S/C20H27FN10O/c1-12-7-16(30-29-12)25-19-26-18(24-13(2)17-22-8-15(21)9-23-17)27-20(28-19)31-6-4-5-14(10-31)11-32-3/h7-9,13-14H,4-6,10-11H2,1-3H3,(H3,24,25,26,27,28,29,30)/t13-,14?/m0/s1. The molecule has 3 aromatic heterocycles. The zero-order valence-electron chi connectivity index (χ0n) is 18.3. The molecule has 0 spiro atoms. The van der Waals surface area contributed by atoms with Gasteiger partial charge in [0.25, 0.3) is 0 Å². The van der Waals surface area contributed by atoms with Crippen molar-refractivity contribution in [3.8, 4) is 0 Å². The minimum atomic E-state index is -0.486. The van der Waals surface area contributed by atoms with E-state index in [-0.39, 0.29) is 6.04 Å². The number of nitrogens with one attached hydrogen (secondary N) is 3. The van der Waals surface area contributed by atoms with E-state index in [2.05, 4.69) is 50.7 Å².